The van der Waals surface area contributed by atoms with Gasteiger partial charge in [0.25, 0.3) is 0 Å². The molecule has 254 valence electrons. The molecule has 0 saturated carbocycles. The highest BCUT2D eigenvalue weighted by atomic mass is 16.6. The molecule has 0 unspecified atom stereocenters. The molecule has 3 rings (SSSR count). The number of alkyl carbamates (subject to hydrolysis) is 1. The number of nitrogens with one attached hydrogen (secondary N) is 3. The number of aliphatic hydroxyl groups excluding tert-OH is 2. The van der Waals surface area contributed by atoms with Gasteiger partial charge in [-0.05, 0) is 62.8 Å². The molecule has 5 N–H and O–H groups in total. The van der Waals surface area contributed by atoms with Crippen molar-refractivity contribution in [2.24, 2.45) is 5.92 Å². The first-order chi connectivity index (χ1) is 22.2. The zero-order valence-corrected chi connectivity index (χ0v) is 28.1. The van der Waals surface area contributed by atoms with Crippen molar-refractivity contribution in [3.8, 4) is 0 Å². The maximum Gasteiger partial charge on any atom is 0.407 e. The highest BCUT2D eigenvalue weighted by Crippen LogP contribution is 2.17. The van der Waals surface area contributed by atoms with E-state index in [-0.39, 0.29) is 25.3 Å². The molecule has 1 heterocycles. The summed E-state index contributed by atoms with van der Waals surface area (Å²) in [6.45, 7) is 9.05. The number of carbonyl (C=O) groups excluding carboxylic acids is 3. The third kappa shape index (κ3) is 12.3. The monoisotopic (exact) mass is 647 g/mol. The van der Waals surface area contributed by atoms with Gasteiger partial charge in [-0.25, -0.2) is 9.59 Å². The van der Waals surface area contributed by atoms with Gasteiger partial charge in [0.1, 0.15) is 23.9 Å². The van der Waals surface area contributed by atoms with Gasteiger partial charge in [-0.15, -0.1) is 0 Å². The van der Waals surface area contributed by atoms with Crippen LogP contribution in [0.25, 0.3) is 0 Å². The molecule has 0 aliphatic heterocycles. The van der Waals surface area contributed by atoms with E-state index in [1.165, 1.54) is 4.90 Å². The van der Waals surface area contributed by atoms with Gasteiger partial charge < -0.3 is 35.8 Å². The van der Waals surface area contributed by atoms with E-state index in [0.717, 1.165) is 11.1 Å². The maximum absolute atomic E-state index is 13.8. The van der Waals surface area contributed by atoms with Gasteiger partial charge in [0.15, 0.2) is 0 Å². The van der Waals surface area contributed by atoms with Crippen molar-refractivity contribution in [2.45, 2.75) is 89.9 Å². The number of aliphatic hydroxyl groups is 2. The molecular weight excluding hydrogens is 598 g/mol. The summed E-state index contributed by atoms with van der Waals surface area (Å²) in [6, 6.07) is 20.6. The summed E-state index contributed by atoms with van der Waals surface area (Å²) in [5.41, 5.74) is 1.54. The van der Waals surface area contributed by atoms with Crippen LogP contribution in [0.4, 0.5) is 9.59 Å². The Morgan fingerprint density at radius 1 is 0.787 bits per heavy atom. The van der Waals surface area contributed by atoms with Crippen LogP contribution in [0.3, 0.4) is 0 Å². The van der Waals surface area contributed by atoms with Crippen molar-refractivity contribution in [3.05, 3.63) is 102 Å². The Balaban J connectivity index is 1.83. The molecule has 0 saturated heterocycles. The van der Waals surface area contributed by atoms with Gasteiger partial charge in [-0.1, -0.05) is 80.6 Å². The SMILES string of the molecule is CC(C)[C@H](NC(=O)N(C)Cc1ccccn1)C(=O)N[C@@H](Cc1ccccc1)[C@@H](O)[C@@H](O)[C@H](Cc1ccccc1)NC(=O)OC(C)(C)C. The van der Waals surface area contributed by atoms with Crippen LogP contribution in [0.1, 0.15) is 51.4 Å². The minimum atomic E-state index is -1.52. The molecule has 0 fully saturated rings. The number of ether oxygens (including phenoxy) is 1. The minimum absolute atomic E-state index is 0.174. The number of nitrogens with zero attached hydrogens (tertiary/aromatic N) is 2. The zero-order valence-electron chi connectivity index (χ0n) is 28.1. The normalized spacial score (nSPS) is 14.7. The predicted molar refractivity (Wildman–Crippen MR) is 180 cm³/mol. The zero-order chi connectivity index (χ0) is 34.6. The molecule has 0 radical (unpaired) electrons. The Morgan fingerprint density at radius 3 is 1.77 bits per heavy atom. The van der Waals surface area contributed by atoms with Crippen molar-refractivity contribution < 1.29 is 29.3 Å². The molecule has 47 heavy (non-hydrogen) atoms. The van der Waals surface area contributed by atoms with Crippen LogP contribution in [0.15, 0.2) is 85.1 Å². The molecule has 4 amide bonds. The average molecular weight is 648 g/mol. The van der Waals surface area contributed by atoms with Crippen LogP contribution in [0, 0.1) is 5.92 Å². The van der Waals surface area contributed by atoms with E-state index in [4.69, 9.17) is 4.74 Å². The number of rotatable bonds is 14. The van der Waals surface area contributed by atoms with Crippen molar-refractivity contribution in [1.29, 1.82) is 0 Å². The summed E-state index contributed by atoms with van der Waals surface area (Å²) in [5, 5.41) is 31.7. The summed E-state index contributed by atoms with van der Waals surface area (Å²) in [7, 11) is 1.61. The Bertz CT molecular complexity index is 1400. The van der Waals surface area contributed by atoms with E-state index < -0.39 is 54.0 Å². The molecular formula is C36H49N5O6. The summed E-state index contributed by atoms with van der Waals surface area (Å²) in [6.07, 6.45) is -1.76. The van der Waals surface area contributed by atoms with E-state index in [2.05, 4.69) is 20.9 Å². The highest BCUT2D eigenvalue weighted by Gasteiger charge is 2.37. The number of pyridine rings is 1. The number of amides is 4. The van der Waals surface area contributed by atoms with Crippen molar-refractivity contribution >= 4 is 18.0 Å². The van der Waals surface area contributed by atoms with E-state index in [1.54, 1.807) is 60.0 Å². The lowest BCUT2D eigenvalue weighted by atomic mass is 9.90. The van der Waals surface area contributed by atoms with Gasteiger partial charge in [0.05, 0.1) is 24.3 Å². The van der Waals surface area contributed by atoms with Crippen molar-refractivity contribution in [3.63, 3.8) is 0 Å². The Labute approximate surface area is 277 Å². The second kappa shape index (κ2) is 17.4. The van der Waals surface area contributed by atoms with Crippen LogP contribution < -0.4 is 16.0 Å². The Morgan fingerprint density at radius 2 is 1.30 bits per heavy atom. The highest BCUT2D eigenvalue weighted by molar-refractivity contribution is 5.87. The number of hydrogen-bond acceptors (Lipinski definition) is 7. The average Bonchev–Trinajstić information content (AvgIpc) is 3.02. The molecule has 0 aliphatic carbocycles. The van der Waals surface area contributed by atoms with Crippen molar-refractivity contribution in [1.82, 2.24) is 25.8 Å². The third-order valence-electron chi connectivity index (χ3n) is 7.50. The molecule has 11 nitrogen and oxygen atoms in total. The fourth-order valence-electron chi connectivity index (χ4n) is 5.04. The first-order valence-electron chi connectivity index (χ1n) is 15.9. The van der Waals surface area contributed by atoms with E-state index >= 15 is 0 Å². The fourth-order valence-corrected chi connectivity index (χ4v) is 5.04. The van der Waals surface area contributed by atoms with Crippen LogP contribution >= 0.6 is 0 Å². The topological polar surface area (TPSA) is 153 Å². The Kier molecular flexibility index (Phi) is 13.7. The first kappa shape index (κ1) is 37.0. The van der Waals surface area contributed by atoms with Gasteiger partial charge in [0, 0.05) is 13.2 Å². The number of benzene rings is 2. The second-order valence-electron chi connectivity index (χ2n) is 13.1. The number of hydrogen-bond donors (Lipinski definition) is 5. The smallest absolute Gasteiger partial charge is 0.407 e. The third-order valence-corrected chi connectivity index (χ3v) is 7.50. The van der Waals surface area contributed by atoms with E-state index in [0.29, 0.717) is 5.69 Å². The van der Waals surface area contributed by atoms with Gasteiger partial charge >= 0.3 is 12.1 Å². The van der Waals surface area contributed by atoms with Crippen LogP contribution in [0.2, 0.25) is 0 Å². The minimum Gasteiger partial charge on any atom is -0.444 e. The summed E-state index contributed by atoms with van der Waals surface area (Å²) in [4.78, 5) is 45.4. The van der Waals surface area contributed by atoms with E-state index in [1.807, 2.05) is 66.7 Å². The van der Waals surface area contributed by atoms with Gasteiger partial charge in [0.2, 0.25) is 5.91 Å². The summed E-state index contributed by atoms with van der Waals surface area (Å²) < 4.78 is 5.45. The predicted octanol–water partition coefficient (Wildman–Crippen LogP) is 3.83. The van der Waals surface area contributed by atoms with E-state index in [9.17, 15) is 24.6 Å². The second-order valence-corrected chi connectivity index (χ2v) is 13.1. The summed E-state index contributed by atoms with van der Waals surface area (Å²) >= 11 is 0. The molecule has 5 atom stereocenters. The Hall–Kier alpha value is -4.48. The molecule has 3 aromatic rings. The quantitative estimate of drug-likeness (QED) is 0.178. The number of carbonyl (C=O) groups is 3. The maximum atomic E-state index is 13.8. The van der Waals surface area contributed by atoms with Crippen LogP contribution in [-0.2, 0) is 28.9 Å². The lowest BCUT2D eigenvalue weighted by Crippen LogP contribution is -2.60. The van der Waals surface area contributed by atoms with Gasteiger partial charge in [-0.2, -0.15) is 0 Å². The first-order valence-corrected chi connectivity index (χ1v) is 15.9. The van der Waals surface area contributed by atoms with Crippen LogP contribution in [-0.4, -0.2) is 81.1 Å². The van der Waals surface area contributed by atoms with Gasteiger partial charge in [-0.3, -0.25) is 9.78 Å². The molecule has 1 aromatic heterocycles. The standard InChI is InChI=1S/C36H49N5O6/c1-24(2)30(40-34(45)41(6)23-27-19-13-14-20-37-27)33(44)38-28(21-25-15-9-7-10-16-25)31(42)32(43)29(22-26-17-11-8-12-18-26)39-35(46)47-36(3,4)5/h7-20,24,28-32,42-43H,21-23H2,1-6H3,(H,38,44)(H,39,46)(H,40,45)/t28-,29-,30-,31+,32-/m0/s1. The number of urea groups is 1. The molecule has 0 bridgehead atoms. The molecule has 0 spiro atoms. The summed E-state index contributed by atoms with van der Waals surface area (Å²) in [5.74, 6) is -0.826. The molecule has 11 heteroatoms. The van der Waals surface area contributed by atoms with Crippen molar-refractivity contribution in [2.75, 3.05) is 7.05 Å². The van der Waals surface area contributed by atoms with Crippen LogP contribution in [0.5, 0.6) is 0 Å². The molecule has 0 aliphatic rings. The molecule has 2 aromatic carbocycles. The lowest BCUT2D eigenvalue weighted by Gasteiger charge is -2.34. The lowest BCUT2D eigenvalue weighted by molar-refractivity contribution is -0.126. The largest absolute Gasteiger partial charge is 0.444 e. The fraction of sp³-hybridized carbons (Fsp3) is 0.444. The number of aromatic nitrogens is 1.